The summed E-state index contributed by atoms with van der Waals surface area (Å²) >= 11 is 0. The summed E-state index contributed by atoms with van der Waals surface area (Å²) in [4.78, 5) is 6.54. The Balaban J connectivity index is 1.46. The van der Waals surface area contributed by atoms with Crippen LogP contribution in [0.25, 0.3) is 0 Å². The highest BCUT2D eigenvalue weighted by Crippen LogP contribution is 2.40. The van der Waals surface area contributed by atoms with Crippen LogP contribution in [0, 0.1) is 0 Å². The van der Waals surface area contributed by atoms with Crippen molar-refractivity contribution < 1.29 is 13.2 Å². The van der Waals surface area contributed by atoms with E-state index in [-0.39, 0.29) is 17.6 Å². The zero-order valence-electron chi connectivity index (χ0n) is 23.9. The van der Waals surface area contributed by atoms with E-state index in [4.69, 9.17) is 4.74 Å². The molecule has 8 nitrogen and oxygen atoms in total. The first-order valence-corrected chi connectivity index (χ1v) is 19.3. The SMILES string of the molecule is CN(C)c1cccc(CS(=O)(=O)c2nc(Nc3c4c(cc5c3CCC5)CCC4)n(COCC[Si](C)(C)C)n2)c1. The summed E-state index contributed by atoms with van der Waals surface area (Å²) in [6.45, 7) is 7.70. The predicted octanol–water partition coefficient (Wildman–Crippen LogP) is 5.35. The number of nitrogens with one attached hydrogen (secondary N) is 1. The number of aromatic nitrogens is 3. The molecule has 1 N–H and O–H groups in total. The van der Waals surface area contributed by atoms with Crippen molar-refractivity contribution in [3.63, 3.8) is 0 Å². The molecule has 0 atom stereocenters. The van der Waals surface area contributed by atoms with E-state index < -0.39 is 17.9 Å². The van der Waals surface area contributed by atoms with E-state index in [1.807, 2.05) is 43.3 Å². The van der Waals surface area contributed by atoms with E-state index in [1.165, 1.54) is 22.3 Å². The Morgan fingerprint density at radius 1 is 1.03 bits per heavy atom. The maximum absolute atomic E-state index is 13.5. The summed E-state index contributed by atoms with van der Waals surface area (Å²) in [5.41, 5.74) is 8.26. The lowest BCUT2D eigenvalue weighted by Gasteiger charge is -2.18. The highest BCUT2D eigenvalue weighted by atomic mass is 32.2. The van der Waals surface area contributed by atoms with Crippen molar-refractivity contribution in [3.8, 4) is 0 Å². The summed E-state index contributed by atoms with van der Waals surface area (Å²) < 4.78 is 34.6. The van der Waals surface area contributed by atoms with Crippen molar-refractivity contribution in [2.24, 2.45) is 0 Å². The van der Waals surface area contributed by atoms with Crippen LogP contribution in [0.15, 0.2) is 35.5 Å². The Hall–Kier alpha value is -2.69. The molecule has 39 heavy (non-hydrogen) atoms. The van der Waals surface area contributed by atoms with Gasteiger partial charge in [0.15, 0.2) is 0 Å². The molecule has 3 aromatic rings. The Morgan fingerprint density at radius 3 is 2.36 bits per heavy atom. The predicted molar refractivity (Wildman–Crippen MR) is 160 cm³/mol. The average Bonchev–Trinajstić information content (AvgIpc) is 3.61. The molecule has 5 rings (SSSR count). The lowest BCUT2D eigenvalue weighted by molar-refractivity contribution is 0.0792. The van der Waals surface area contributed by atoms with Crippen LogP contribution in [0.1, 0.15) is 40.7 Å². The first-order valence-electron chi connectivity index (χ1n) is 14.0. The second-order valence-corrected chi connectivity index (χ2v) is 19.8. The minimum Gasteiger partial charge on any atom is -0.378 e. The van der Waals surface area contributed by atoms with Crippen molar-refractivity contribution in [3.05, 3.63) is 58.1 Å². The number of benzene rings is 2. The third-order valence-electron chi connectivity index (χ3n) is 7.63. The Kier molecular flexibility index (Phi) is 7.90. The van der Waals surface area contributed by atoms with E-state index in [0.29, 0.717) is 18.1 Å². The van der Waals surface area contributed by atoms with Gasteiger partial charge in [-0.2, -0.15) is 4.98 Å². The molecular formula is C29H41N5O3SSi. The Labute approximate surface area is 233 Å². The normalized spacial score (nSPS) is 14.9. The van der Waals surface area contributed by atoms with E-state index in [2.05, 4.69) is 41.1 Å². The monoisotopic (exact) mass is 567 g/mol. The maximum Gasteiger partial charge on any atom is 0.269 e. The topological polar surface area (TPSA) is 89.4 Å². The highest BCUT2D eigenvalue weighted by molar-refractivity contribution is 7.90. The van der Waals surface area contributed by atoms with Crippen LogP contribution in [0.4, 0.5) is 17.3 Å². The third kappa shape index (κ3) is 6.39. The molecule has 2 aliphatic carbocycles. The first-order chi connectivity index (χ1) is 18.5. The van der Waals surface area contributed by atoms with Gasteiger partial charge in [0.05, 0.1) is 5.75 Å². The molecule has 2 aliphatic rings. The van der Waals surface area contributed by atoms with Crippen LogP contribution < -0.4 is 10.2 Å². The lowest BCUT2D eigenvalue weighted by atomic mass is 9.99. The number of anilines is 3. The summed E-state index contributed by atoms with van der Waals surface area (Å²) in [7, 11) is -1.16. The Morgan fingerprint density at radius 2 is 1.72 bits per heavy atom. The number of ether oxygens (including phenoxy) is 1. The van der Waals surface area contributed by atoms with Crippen LogP contribution in [0.3, 0.4) is 0 Å². The fourth-order valence-electron chi connectivity index (χ4n) is 5.45. The van der Waals surface area contributed by atoms with Crippen molar-refractivity contribution in [1.82, 2.24) is 14.8 Å². The van der Waals surface area contributed by atoms with Gasteiger partial charge >= 0.3 is 0 Å². The number of fused-ring (bicyclic) bond motifs is 2. The molecule has 0 radical (unpaired) electrons. The summed E-state index contributed by atoms with van der Waals surface area (Å²) in [6, 6.07) is 11.0. The van der Waals surface area contributed by atoms with Gasteiger partial charge in [0, 0.05) is 40.2 Å². The zero-order chi connectivity index (χ0) is 27.8. The van der Waals surface area contributed by atoms with E-state index in [0.717, 1.165) is 55.9 Å². The van der Waals surface area contributed by atoms with Gasteiger partial charge in [-0.25, -0.2) is 13.1 Å². The third-order valence-corrected chi connectivity index (χ3v) is 10.8. The molecule has 10 heteroatoms. The summed E-state index contributed by atoms with van der Waals surface area (Å²) in [5, 5.41) is 7.87. The van der Waals surface area contributed by atoms with E-state index in [9.17, 15) is 8.42 Å². The van der Waals surface area contributed by atoms with Crippen molar-refractivity contribution in [2.75, 3.05) is 30.9 Å². The fraction of sp³-hybridized carbons (Fsp3) is 0.517. The molecule has 0 unspecified atom stereocenters. The lowest BCUT2D eigenvalue weighted by Crippen LogP contribution is -2.22. The zero-order valence-corrected chi connectivity index (χ0v) is 25.7. The molecule has 1 aromatic heterocycles. The van der Waals surface area contributed by atoms with Gasteiger partial charge in [-0.15, -0.1) is 5.10 Å². The molecule has 0 saturated heterocycles. The molecule has 0 aliphatic heterocycles. The largest absolute Gasteiger partial charge is 0.378 e. The van der Waals surface area contributed by atoms with Gasteiger partial charge < -0.3 is 15.0 Å². The number of sulfone groups is 1. The summed E-state index contributed by atoms with van der Waals surface area (Å²) in [6.07, 6.45) is 6.53. The molecule has 210 valence electrons. The van der Waals surface area contributed by atoms with Crippen molar-refractivity contribution in [2.45, 2.75) is 81.9 Å². The molecule has 0 saturated carbocycles. The smallest absolute Gasteiger partial charge is 0.269 e. The number of hydrogen-bond acceptors (Lipinski definition) is 7. The number of hydrogen-bond donors (Lipinski definition) is 1. The van der Waals surface area contributed by atoms with Crippen LogP contribution >= 0.6 is 0 Å². The van der Waals surface area contributed by atoms with Gasteiger partial charge in [-0.3, -0.25) is 0 Å². The van der Waals surface area contributed by atoms with Gasteiger partial charge in [0.1, 0.15) is 6.73 Å². The minimum absolute atomic E-state index is 0.155. The molecule has 0 amide bonds. The maximum atomic E-state index is 13.5. The number of rotatable bonds is 11. The second kappa shape index (κ2) is 11.1. The average molecular weight is 568 g/mol. The van der Waals surface area contributed by atoms with Crippen LogP contribution in [-0.2, 0) is 52.7 Å². The first kappa shape index (κ1) is 27.9. The fourth-order valence-corrected chi connectivity index (χ4v) is 7.40. The van der Waals surface area contributed by atoms with Crippen LogP contribution in [0.2, 0.25) is 25.7 Å². The molecule has 1 heterocycles. The van der Waals surface area contributed by atoms with Gasteiger partial charge in [-0.05, 0) is 84.5 Å². The second-order valence-electron chi connectivity index (χ2n) is 12.2. The highest BCUT2D eigenvalue weighted by Gasteiger charge is 2.28. The van der Waals surface area contributed by atoms with E-state index >= 15 is 0 Å². The van der Waals surface area contributed by atoms with Gasteiger partial charge in [-0.1, -0.05) is 37.8 Å². The number of aryl methyl sites for hydroxylation is 2. The molecule has 0 spiro atoms. The van der Waals surface area contributed by atoms with Crippen molar-refractivity contribution in [1.29, 1.82) is 0 Å². The van der Waals surface area contributed by atoms with Crippen molar-refractivity contribution >= 4 is 35.2 Å². The van der Waals surface area contributed by atoms with Gasteiger partial charge in [0.25, 0.3) is 5.16 Å². The van der Waals surface area contributed by atoms with Crippen LogP contribution in [0.5, 0.6) is 0 Å². The molecular weight excluding hydrogens is 527 g/mol. The van der Waals surface area contributed by atoms with Crippen LogP contribution in [-0.4, -0.2) is 52.0 Å². The van der Waals surface area contributed by atoms with E-state index in [1.54, 1.807) is 4.68 Å². The number of nitrogens with zero attached hydrogens (tertiary/aromatic N) is 4. The Bertz CT molecular complexity index is 1430. The molecule has 2 aromatic carbocycles. The molecule has 0 fully saturated rings. The summed E-state index contributed by atoms with van der Waals surface area (Å²) in [5.74, 6) is 0.267. The standard InChI is InChI=1S/C29H41N5O3SSi/c1-33(2)24-12-6-9-21(17-24)19-38(35,36)29-31-28(34(32-29)20-37-15-16-39(3,4)5)30-27-25-13-7-10-22(25)18-23-11-8-14-26(23)27/h6,9,12,17-18H,7-8,10-11,13-16,19-20H2,1-5H3,(H,30,31,32). The minimum atomic E-state index is -3.78. The molecule has 0 bridgehead atoms. The van der Waals surface area contributed by atoms with Gasteiger partial charge in [0.2, 0.25) is 15.8 Å². The quantitative estimate of drug-likeness (QED) is 0.247.